The van der Waals surface area contributed by atoms with Gasteiger partial charge in [0.2, 0.25) is 0 Å². The third-order valence-electron chi connectivity index (χ3n) is 2.46. The number of aromatic nitrogens is 1. The van der Waals surface area contributed by atoms with Crippen molar-refractivity contribution in [1.29, 1.82) is 0 Å². The van der Waals surface area contributed by atoms with Crippen LogP contribution in [-0.2, 0) is 13.3 Å². The van der Waals surface area contributed by atoms with Crippen LogP contribution in [0, 0.1) is 0 Å². The number of ether oxygens (including phenoxy) is 1. The molecule has 0 unspecified atom stereocenters. The highest BCUT2D eigenvalue weighted by Crippen LogP contribution is 2.15. The summed E-state index contributed by atoms with van der Waals surface area (Å²) in [4.78, 5) is 3.97. The fraction of sp³-hybridized carbons (Fsp3) is 0.545. The second-order valence-corrected chi connectivity index (χ2v) is 6.53. The lowest BCUT2D eigenvalue weighted by Crippen LogP contribution is -2.42. The van der Waals surface area contributed by atoms with E-state index >= 15 is 0 Å². The van der Waals surface area contributed by atoms with Crippen LogP contribution in [0.4, 0.5) is 0 Å². The van der Waals surface area contributed by atoms with Gasteiger partial charge in [0.15, 0.2) is 0 Å². The predicted octanol–water partition coefficient (Wildman–Crippen LogP) is 1.73. The third-order valence-corrected chi connectivity index (χ3v) is 5.30. The molecule has 1 rings (SSSR count). The molecule has 0 spiro atoms. The Morgan fingerprint density at radius 1 is 1.18 bits per heavy atom. The van der Waals surface area contributed by atoms with Crippen LogP contribution >= 0.6 is 0 Å². The van der Waals surface area contributed by atoms with Gasteiger partial charge in [-0.1, -0.05) is 0 Å². The van der Waals surface area contributed by atoms with E-state index in [0.717, 1.165) is 18.2 Å². The summed E-state index contributed by atoms with van der Waals surface area (Å²) in [5.74, 6) is 0.770. The summed E-state index contributed by atoms with van der Waals surface area (Å²) in [5, 5.41) is 0. The number of hydrogen-bond acceptors (Lipinski definition) is 5. The minimum Gasteiger partial charge on any atom is -0.492 e. The van der Waals surface area contributed by atoms with E-state index in [1.54, 1.807) is 33.7 Å². The van der Waals surface area contributed by atoms with Crippen LogP contribution in [-0.4, -0.2) is 41.7 Å². The van der Waals surface area contributed by atoms with Crippen molar-refractivity contribution in [3.05, 3.63) is 24.5 Å². The maximum atomic E-state index is 5.53. The Morgan fingerprint density at radius 3 is 2.41 bits per heavy atom. The van der Waals surface area contributed by atoms with Crippen LogP contribution in [0.1, 0.15) is 6.42 Å². The molecule has 6 heteroatoms. The van der Waals surface area contributed by atoms with Crippen molar-refractivity contribution in [2.75, 3.05) is 27.9 Å². The predicted molar refractivity (Wildman–Crippen MR) is 65.9 cm³/mol. The van der Waals surface area contributed by atoms with E-state index in [1.165, 1.54) is 0 Å². The fourth-order valence-corrected chi connectivity index (χ4v) is 3.16. The Bertz CT molecular complexity index is 297. The average Bonchev–Trinajstić information content (AvgIpc) is 2.41. The molecule has 5 nitrogen and oxygen atoms in total. The number of pyridine rings is 1. The first-order chi connectivity index (χ1) is 8.26. The summed E-state index contributed by atoms with van der Waals surface area (Å²) in [7, 11) is 2.39. The van der Waals surface area contributed by atoms with E-state index in [9.17, 15) is 0 Å². The molecule has 1 aromatic rings. The van der Waals surface area contributed by atoms with E-state index in [4.69, 9.17) is 18.0 Å². The Morgan fingerprint density at radius 2 is 1.88 bits per heavy atom. The second-order valence-electron chi connectivity index (χ2n) is 3.44. The highest BCUT2D eigenvalue weighted by Gasteiger charge is 2.36. The van der Waals surface area contributed by atoms with Crippen LogP contribution in [0.2, 0.25) is 6.04 Å². The number of nitrogens with zero attached hydrogens (tertiary/aromatic N) is 1. The van der Waals surface area contributed by atoms with Crippen molar-refractivity contribution in [3.63, 3.8) is 0 Å². The molecular weight excluding hydrogens is 238 g/mol. The summed E-state index contributed by atoms with van der Waals surface area (Å²) in [6.45, 7) is 0.594. The van der Waals surface area contributed by atoms with Gasteiger partial charge >= 0.3 is 8.80 Å². The summed E-state index contributed by atoms with van der Waals surface area (Å²) >= 11 is 0. The van der Waals surface area contributed by atoms with Gasteiger partial charge in [-0.3, -0.25) is 4.98 Å². The van der Waals surface area contributed by atoms with Gasteiger partial charge < -0.3 is 18.0 Å². The van der Waals surface area contributed by atoms with E-state index in [1.807, 2.05) is 12.1 Å². The fourth-order valence-electron chi connectivity index (χ4n) is 1.47. The highest BCUT2D eigenvalue weighted by molar-refractivity contribution is 6.60. The van der Waals surface area contributed by atoms with Gasteiger partial charge in [0, 0.05) is 33.6 Å². The van der Waals surface area contributed by atoms with E-state index in [0.29, 0.717) is 6.61 Å². The SMILES string of the molecule is CO[Si](CCCOc1cccnc1)(OC)OC. The van der Waals surface area contributed by atoms with Crippen LogP contribution in [0.25, 0.3) is 0 Å². The van der Waals surface area contributed by atoms with Crippen LogP contribution in [0.15, 0.2) is 24.5 Å². The lowest BCUT2D eigenvalue weighted by molar-refractivity contribution is 0.121. The molecule has 0 aliphatic heterocycles. The number of hydrogen-bond donors (Lipinski definition) is 0. The molecule has 96 valence electrons. The van der Waals surface area contributed by atoms with Gasteiger partial charge in [0.1, 0.15) is 5.75 Å². The normalized spacial score (nSPS) is 11.5. The largest absolute Gasteiger partial charge is 0.500 e. The Labute approximate surface area is 103 Å². The Balaban J connectivity index is 2.28. The zero-order valence-corrected chi connectivity index (χ0v) is 11.5. The molecule has 0 aliphatic carbocycles. The molecule has 0 saturated carbocycles. The van der Waals surface area contributed by atoms with Gasteiger partial charge in [-0.05, 0) is 18.6 Å². The minimum absolute atomic E-state index is 0.594. The molecule has 17 heavy (non-hydrogen) atoms. The first-order valence-corrected chi connectivity index (χ1v) is 7.38. The summed E-state index contributed by atoms with van der Waals surface area (Å²) in [6, 6.07) is 4.45. The Hall–Kier alpha value is -0.953. The molecule has 0 N–H and O–H groups in total. The summed E-state index contributed by atoms with van der Waals surface area (Å²) in [5.41, 5.74) is 0. The first kappa shape index (κ1) is 14.1. The smallest absolute Gasteiger partial charge is 0.492 e. The van der Waals surface area contributed by atoms with Gasteiger partial charge in [0.25, 0.3) is 0 Å². The zero-order valence-electron chi connectivity index (χ0n) is 10.5. The average molecular weight is 257 g/mol. The maximum absolute atomic E-state index is 5.53. The van der Waals surface area contributed by atoms with Gasteiger partial charge in [-0.15, -0.1) is 0 Å². The molecule has 0 bridgehead atoms. The van der Waals surface area contributed by atoms with Crippen LogP contribution < -0.4 is 4.74 Å². The highest BCUT2D eigenvalue weighted by atomic mass is 28.4. The zero-order chi connectivity index (χ0) is 12.6. The van der Waals surface area contributed by atoms with Crippen molar-refractivity contribution in [1.82, 2.24) is 4.98 Å². The summed E-state index contributed by atoms with van der Waals surface area (Å²) in [6.07, 6.45) is 4.22. The first-order valence-electron chi connectivity index (χ1n) is 5.44. The number of rotatable bonds is 8. The molecule has 1 heterocycles. The van der Waals surface area contributed by atoms with Crippen molar-refractivity contribution < 1.29 is 18.0 Å². The molecule has 0 aromatic carbocycles. The van der Waals surface area contributed by atoms with Gasteiger partial charge in [-0.25, -0.2) is 0 Å². The van der Waals surface area contributed by atoms with E-state index in [-0.39, 0.29) is 0 Å². The van der Waals surface area contributed by atoms with Crippen molar-refractivity contribution in [2.45, 2.75) is 12.5 Å². The molecule has 0 aliphatic rings. The lowest BCUT2D eigenvalue weighted by atomic mass is 10.4. The van der Waals surface area contributed by atoms with E-state index < -0.39 is 8.80 Å². The topological polar surface area (TPSA) is 49.8 Å². The van der Waals surface area contributed by atoms with Crippen molar-refractivity contribution >= 4 is 8.80 Å². The molecule has 1 aromatic heterocycles. The maximum Gasteiger partial charge on any atom is 0.500 e. The Kier molecular flexibility index (Phi) is 6.13. The standard InChI is InChI=1S/C11H19NO4Si/c1-13-17(14-2,15-3)9-5-8-16-11-6-4-7-12-10-11/h4,6-7,10H,5,8-9H2,1-3H3. The van der Waals surface area contributed by atoms with Crippen molar-refractivity contribution in [2.24, 2.45) is 0 Å². The molecule has 0 radical (unpaired) electrons. The molecule has 0 atom stereocenters. The molecular formula is C11H19NO4Si. The molecule has 0 fully saturated rings. The van der Waals surface area contributed by atoms with Gasteiger partial charge in [-0.2, -0.15) is 0 Å². The molecule has 0 amide bonds. The van der Waals surface area contributed by atoms with Crippen LogP contribution in [0.5, 0.6) is 5.75 Å². The second kappa shape index (κ2) is 7.39. The lowest BCUT2D eigenvalue weighted by Gasteiger charge is -2.24. The monoisotopic (exact) mass is 257 g/mol. The quantitative estimate of drug-likeness (QED) is 0.524. The molecule has 0 saturated heterocycles. The van der Waals surface area contributed by atoms with Crippen molar-refractivity contribution in [3.8, 4) is 5.75 Å². The van der Waals surface area contributed by atoms with E-state index in [2.05, 4.69) is 4.98 Å². The third kappa shape index (κ3) is 4.43. The van der Waals surface area contributed by atoms with Crippen LogP contribution in [0.3, 0.4) is 0 Å². The minimum atomic E-state index is -2.45. The van der Waals surface area contributed by atoms with Gasteiger partial charge in [0.05, 0.1) is 12.8 Å². The summed E-state index contributed by atoms with van der Waals surface area (Å²) < 4.78 is 21.5.